The summed E-state index contributed by atoms with van der Waals surface area (Å²) in [5.41, 5.74) is 4.46. The number of likely N-dealkylation sites (tertiary alicyclic amines) is 1. The van der Waals surface area contributed by atoms with Gasteiger partial charge in [0.05, 0.1) is 5.69 Å². The van der Waals surface area contributed by atoms with Crippen LogP contribution in [0.2, 0.25) is 0 Å². The fourth-order valence-corrected chi connectivity index (χ4v) is 3.55. The molecular formula is C19H22N4. The molecule has 0 radical (unpaired) electrons. The highest BCUT2D eigenvalue weighted by molar-refractivity contribution is 5.90. The van der Waals surface area contributed by atoms with Gasteiger partial charge in [0, 0.05) is 29.7 Å². The molecule has 3 aromatic rings. The number of nitrogens with one attached hydrogen (secondary N) is 1. The van der Waals surface area contributed by atoms with Gasteiger partial charge in [0.15, 0.2) is 0 Å². The van der Waals surface area contributed by atoms with Crippen LogP contribution in [0.1, 0.15) is 31.2 Å². The van der Waals surface area contributed by atoms with E-state index in [0.29, 0.717) is 6.04 Å². The minimum Gasteiger partial charge on any atom is -0.346 e. The summed E-state index contributed by atoms with van der Waals surface area (Å²) in [6.45, 7) is 6.50. The minimum absolute atomic E-state index is 0.691. The second-order valence-electron chi connectivity index (χ2n) is 6.52. The summed E-state index contributed by atoms with van der Waals surface area (Å²) >= 11 is 0. The lowest BCUT2D eigenvalue weighted by Crippen LogP contribution is -2.26. The Hall–Kier alpha value is -2.20. The summed E-state index contributed by atoms with van der Waals surface area (Å²) in [6, 6.07) is 11.5. The third-order valence-electron chi connectivity index (χ3n) is 4.80. The summed E-state index contributed by atoms with van der Waals surface area (Å²) in [6.07, 6.45) is 4.56. The molecule has 1 saturated heterocycles. The molecule has 1 aliphatic heterocycles. The zero-order valence-electron chi connectivity index (χ0n) is 13.7. The van der Waals surface area contributed by atoms with E-state index in [1.54, 1.807) is 0 Å². The molecule has 0 bridgehead atoms. The fourth-order valence-electron chi connectivity index (χ4n) is 3.55. The number of hydrogen-bond donors (Lipinski definition) is 1. The first-order valence-corrected chi connectivity index (χ1v) is 8.36. The summed E-state index contributed by atoms with van der Waals surface area (Å²) in [4.78, 5) is 14.9. The van der Waals surface area contributed by atoms with Crippen LogP contribution in [0.25, 0.3) is 22.3 Å². The first-order valence-electron chi connectivity index (χ1n) is 8.36. The highest BCUT2D eigenvalue weighted by atomic mass is 15.2. The van der Waals surface area contributed by atoms with Crippen molar-refractivity contribution in [1.82, 2.24) is 19.9 Å². The predicted molar refractivity (Wildman–Crippen MR) is 93.2 cm³/mol. The van der Waals surface area contributed by atoms with Gasteiger partial charge in [-0.25, -0.2) is 9.97 Å². The molecule has 4 nitrogen and oxygen atoms in total. The maximum absolute atomic E-state index is 4.69. The number of H-pyrrole nitrogens is 1. The minimum atomic E-state index is 0.691. The van der Waals surface area contributed by atoms with E-state index in [-0.39, 0.29) is 0 Å². The van der Waals surface area contributed by atoms with Gasteiger partial charge in [0.25, 0.3) is 0 Å². The predicted octanol–water partition coefficient (Wildman–Crippen LogP) is 3.92. The zero-order chi connectivity index (χ0) is 15.8. The average Bonchev–Trinajstić information content (AvgIpc) is 3.16. The van der Waals surface area contributed by atoms with Crippen molar-refractivity contribution >= 4 is 11.0 Å². The molecule has 0 spiro atoms. The number of fused-ring (bicyclic) bond motifs is 1. The molecule has 0 saturated carbocycles. The number of rotatable bonds is 3. The van der Waals surface area contributed by atoms with Crippen LogP contribution in [-0.4, -0.2) is 32.4 Å². The lowest BCUT2D eigenvalue weighted by molar-refractivity contribution is 0.260. The van der Waals surface area contributed by atoms with Crippen molar-refractivity contribution in [3.63, 3.8) is 0 Å². The molecule has 4 heteroatoms. The summed E-state index contributed by atoms with van der Waals surface area (Å²) in [7, 11) is 0. The number of aromatic nitrogens is 3. The van der Waals surface area contributed by atoms with Crippen LogP contribution >= 0.6 is 0 Å². The second kappa shape index (κ2) is 5.78. The second-order valence-corrected chi connectivity index (χ2v) is 6.52. The van der Waals surface area contributed by atoms with Crippen molar-refractivity contribution in [3.05, 3.63) is 47.9 Å². The smallest absolute Gasteiger partial charge is 0.141 e. The molecule has 0 aliphatic carbocycles. The van der Waals surface area contributed by atoms with E-state index in [1.807, 2.05) is 13.1 Å². The molecule has 118 valence electrons. The van der Waals surface area contributed by atoms with Gasteiger partial charge in [0.2, 0.25) is 0 Å². The van der Waals surface area contributed by atoms with Crippen LogP contribution in [0.4, 0.5) is 0 Å². The molecule has 1 N–H and O–H groups in total. The van der Waals surface area contributed by atoms with Crippen molar-refractivity contribution in [3.8, 4) is 11.3 Å². The monoisotopic (exact) mass is 306 g/mol. The topological polar surface area (TPSA) is 44.8 Å². The van der Waals surface area contributed by atoms with E-state index in [0.717, 1.165) is 29.1 Å². The molecule has 1 aromatic carbocycles. The number of nitrogens with zero attached hydrogens (tertiary/aromatic N) is 3. The van der Waals surface area contributed by atoms with E-state index < -0.39 is 0 Å². The molecule has 2 aromatic heterocycles. The molecule has 1 unspecified atom stereocenters. The Morgan fingerprint density at radius 2 is 2.17 bits per heavy atom. The van der Waals surface area contributed by atoms with E-state index in [2.05, 4.69) is 57.1 Å². The lowest BCUT2D eigenvalue weighted by atomic mass is 10.1. The van der Waals surface area contributed by atoms with Crippen molar-refractivity contribution in [2.45, 2.75) is 39.3 Å². The Morgan fingerprint density at radius 1 is 1.26 bits per heavy atom. The Bertz CT molecular complexity index is 836. The van der Waals surface area contributed by atoms with Crippen molar-refractivity contribution < 1.29 is 0 Å². The standard InChI is InChI=1S/C19H22N4/c1-13-5-4-10-23(13)12-15-6-3-7-16(11-15)18-17-8-9-20-19(17)22-14(2)21-18/h3,6-9,11,13H,4-5,10,12H2,1-2H3,(H,20,21,22). The third kappa shape index (κ3) is 2.75. The van der Waals surface area contributed by atoms with Gasteiger partial charge < -0.3 is 4.98 Å². The largest absolute Gasteiger partial charge is 0.346 e. The molecule has 3 heterocycles. The van der Waals surface area contributed by atoms with Crippen LogP contribution in [0.3, 0.4) is 0 Å². The van der Waals surface area contributed by atoms with Crippen LogP contribution < -0.4 is 0 Å². The summed E-state index contributed by atoms with van der Waals surface area (Å²) < 4.78 is 0. The van der Waals surface area contributed by atoms with Crippen molar-refractivity contribution in [1.29, 1.82) is 0 Å². The third-order valence-corrected chi connectivity index (χ3v) is 4.80. The van der Waals surface area contributed by atoms with Crippen molar-refractivity contribution in [2.24, 2.45) is 0 Å². The van der Waals surface area contributed by atoms with Gasteiger partial charge in [0.1, 0.15) is 11.5 Å². The summed E-state index contributed by atoms with van der Waals surface area (Å²) in [5.74, 6) is 0.800. The zero-order valence-corrected chi connectivity index (χ0v) is 13.7. The Morgan fingerprint density at radius 3 is 3.00 bits per heavy atom. The number of aromatic amines is 1. The van der Waals surface area contributed by atoms with Crippen LogP contribution in [0.15, 0.2) is 36.5 Å². The van der Waals surface area contributed by atoms with Crippen LogP contribution in [-0.2, 0) is 6.54 Å². The number of hydrogen-bond acceptors (Lipinski definition) is 3. The van der Waals surface area contributed by atoms with Crippen LogP contribution in [0.5, 0.6) is 0 Å². The van der Waals surface area contributed by atoms with Crippen LogP contribution in [0, 0.1) is 6.92 Å². The maximum atomic E-state index is 4.69. The summed E-state index contributed by atoms with van der Waals surface area (Å²) in [5, 5.41) is 1.09. The Labute approximate surface area is 136 Å². The van der Waals surface area contributed by atoms with Gasteiger partial charge in [-0.1, -0.05) is 18.2 Å². The molecule has 1 aliphatic rings. The lowest BCUT2D eigenvalue weighted by Gasteiger charge is -2.21. The average molecular weight is 306 g/mol. The maximum Gasteiger partial charge on any atom is 0.141 e. The molecule has 4 rings (SSSR count). The van der Waals surface area contributed by atoms with E-state index >= 15 is 0 Å². The number of aryl methyl sites for hydroxylation is 1. The quantitative estimate of drug-likeness (QED) is 0.797. The van der Waals surface area contributed by atoms with Gasteiger partial charge in [-0.05, 0) is 50.9 Å². The normalized spacial score (nSPS) is 18.8. The highest BCUT2D eigenvalue weighted by Gasteiger charge is 2.20. The first kappa shape index (κ1) is 14.4. The van der Waals surface area contributed by atoms with E-state index in [4.69, 9.17) is 0 Å². The molecule has 1 atom stereocenters. The van der Waals surface area contributed by atoms with E-state index in [1.165, 1.54) is 30.5 Å². The van der Waals surface area contributed by atoms with Gasteiger partial charge >= 0.3 is 0 Å². The molecule has 0 amide bonds. The van der Waals surface area contributed by atoms with Gasteiger partial charge in [-0.3, -0.25) is 4.90 Å². The van der Waals surface area contributed by atoms with Crippen molar-refractivity contribution in [2.75, 3.05) is 6.54 Å². The Kier molecular flexibility index (Phi) is 3.62. The first-order chi connectivity index (χ1) is 11.2. The van der Waals surface area contributed by atoms with Gasteiger partial charge in [-0.2, -0.15) is 0 Å². The Balaban J connectivity index is 1.71. The van der Waals surface area contributed by atoms with E-state index in [9.17, 15) is 0 Å². The molecular weight excluding hydrogens is 284 g/mol. The highest BCUT2D eigenvalue weighted by Crippen LogP contribution is 2.27. The molecule has 1 fully saturated rings. The van der Waals surface area contributed by atoms with Gasteiger partial charge in [-0.15, -0.1) is 0 Å². The number of benzene rings is 1. The fraction of sp³-hybridized carbons (Fsp3) is 0.368. The molecule has 23 heavy (non-hydrogen) atoms. The SMILES string of the molecule is Cc1nc(-c2cccc(CN3CCCC3C)c2)c2cc[nH]c2n1.